The van der Waals surface area contributed by atoms with Crippen molar-refractivity contribution in [3.05, 3.63) is 40.9 Å². The molecule has 1 aliphatic heterocycles. The van der Waals surface area contributed by atoms with Crippen molar-refractivity contribution < 1.29 is 0 Å². The molecule has 0 bridgehead atoms. The van der Waals surface area contributed by atoms with E-state index < -0.39 is 0 Å². The van der Waals surface area contributed by atoms with Crippen molar-refractivity contribution in [1.82, 2.24) is 15.2 Å². The highest BCUT2D eigenvalue weighted by Crippen LogP contribution is 2.24. The fourth-order valence-corrected chi connectivity index (χ4v) is 3.00. The molecule has 1 aromatic carbocycles. The minimum atomic E-state index is 0.671. The molecule has 1 fully saturated rings. The van der Waals surface area contributed by atoms with Gasteiger partial charge in [0.25, 0.3) is 0 Å². The van der Waals surface area contributed by atoms with E-state index >= 15 is 0 Å². The fourth-order valence-electron chi connectivity index (χ4n) is 2.18. The number of aryl methyl sites for hydroxylation is 1. The topological polar surface area (TPSA) is 28.2 Å². The Morgan fingerprint density at radius 1 is 1.32 bits per heavy atom. The highest BCUT2D eigenvalue weighted by molar-refractivity contribution is 7.13. The first-order valence-corrected chi connectivity index (χ1v) is 7.53. The third kappa shape index (κ3) is 2.86. The van der Waals surface area contributed by atoms with Gasteiger partial charge in [-0.05, 0) is 14.0 Å². The Hall–Kier alpha value is -1.23. The van der Waals surface area contributed by atoms with Gasteiger partial charge in [-0.25, -0.2) is 4.98 Å². The van der Waals surface area contributed by atoms with E-state index in [2.05, 4.69) is 53.8 Å². The van der Waals surface area contributed by atoms with Crippen LogP contribution in [0, 0.1) is 6.92 Å². The summed E-state index contributed by atoms with van der Waals surface area (Å²) in [6.07, 6.45) is 0. The van der Waals surface area contributed by atoms with Crippen molar-refractivity contribution in [2.75, 3.05) is 20.1 Å². The van der Waals surface area contributed by atoms with Gasteiger partial charge in [0.15, 0.2) is 0 Å². The lowest BCUT2D eigenvalue weighted by molar-refractivity contribution is 0.171. The monoisotopic (exact) mass is 273 g/mol. The summed E-state index contributed by atoms with van der Waals surface area (Å²) in [5.74, 6) is 0. The summed E-state index contributed by atoms with van der Waals surface area (Å²) in [5, 5.41) is 6.60. The van der Waals surface area contributed by atoms with Crippen LogP contribution in [0.4, 0.5) is 0 Å². The lowest BCUT2D eigenvalue weighted by atomic mass is 10.1. The van der Waals surface area contributed by atoms with Crippen molar-refractivity contribution in [3.8, 4) is 10.6 Å². The van der Waals surface area contributed by atoms with E-state index in [0.717, 1.165) is 24.6 Å². The largest absolute Gasteiger partial charge is 0.314 e. The number of rotatable bonds is 4. The average Bonchev–Trinajstić information content (AvgIpc) is 2.76. The molecule has 1 aromatic heterocycles. The second kappa shape index (κ2) is 5.41. The van der Waals surface area contributed by atoms with Crippen LogP contribution in [-0.4, -0.2) is 36.1 Å². The summed E-state index contributed by atoms with van der Waals surface area (Å²) in [6.45, 7) is 5.25. The molecule has 3 rings (SSSR count). The van der Waals surface area contributed by atoms with Crippen LogP contribution in [0.25, 0.3) is 10.6 Å². The zero-order valence-electron chi connectivity index (χ0n) is 11.4. The van der Waals surface area contributed by atoms with E-state index in [1.54, 1.807) is 11.3 Å². The molecule has 100 valence electrons. The molecular formula is C15H19N3S. The van der Waals surface area contributed by atoms with Gasteiger partial charge in [0.1, 0.15) is 5.01 Å². The molecule has 2 aromatic rings. The molecule has 0 atom stereocenters. The van der Waals surface area contributed by atoms with Crippen LogP contribution in [0.15, 0.2) is 29.6 Å². The van der Waals surface area contributed by atoms with Crippen LogP contribution >= 0.6 is 11.3 Å². The van der Waals surface area contributed by atoms with E-state index in [4.69, 9.17) is 4.98 Å². The number of hydrogen-bond acceptors (Lipinski definition) is 4. The maximum absolute atomic E-state index is 4.75. The van der Waals surface area contributed by atoms with Crippen molar-refractivity contribution in [2.24, 2.45) is 0 Å². The smallest absolute Gasteiger partial charge is 0.123 e. The molecule has 1 N–H and O–H groups in total. The van der Waals surface area contributed by atoms with E-state index in [1.807, 2.05) is 0 Å². The zero-order valence-corrected chi connectivity index (χ0v) is 12.2. The summed E-state index contributed by atoms with van der Waals surface area (Å²) in [4.78, 5) is 7.13. The molecule has 4 heteroatoms. The first kappa shape index (κ1) is 12.8. The van der Waals surface area contributed by atoms with Crippen LogP contribution < -0.4 is 5.32 Å². The Morgan fingerprint density at radius 3 is 2.68 bits per heavy atom. The van der Waals surface area contributed by atoms with Gasteiger partial charge in [0.2, 0.25) is 0 Å². The Balaban J connectivity index is 1.70. The zero-order chi connectivity index (χ0) is 13.2. The second-order valence-electron chi connectivity index (χ2n) is 5.24. The van der Waals surface area contributed by atoms with Crippen LogP contribution in [-0.2, 0) is 6.54 Å². The van der Waals surface area contributed by atoms with E-state index in [9.17, 15) is 0 Å². The normalized spacial score (nSPS) is 15.7. The van der Waals surface area contributed by atoms with Crippen molar-refractivity contribution >= 4 is 11.3 Å². The molecule has 1 aliphatic rings. The summed E-state index contributed by atoms with van der Waals surface area (Å²) in [5.41, 5.74) is 3.68. The number of likely N-dealkylation sites (N-methyl/N-ethyl adjacent to an activating group) is 1. The van der Waals surface area contributed by atoms with Gasteiger partial charge in [-0.1, -0.05) is 29.8 Å². The minimum Gasteiger partial charge on any atom is -0.314 e. The Labute approximate surface area is 118 Å². The average molecular weight is 273 g/mol. The van der Waals surface area contributed by atoms with Crippen LogP contribution in [0.2, 0.25) is 0 Å². The highest BCUT2D eigenvalue weighted by Gasteiger charge is 2.21. The van der Waals surface area contributed by atoms with Crippen molar-refractivity contribution in [1.29, 1.82) is 0 Å². The predicted molar refractivity (Wildman–Crippen MR) is 80.4 cm³/mol. The summed E-state index contributed by atoms with van der Waals surface area (Å²) in [7, 11) is 2.18. The highest BCUT2D eigenvalue weighted by atomic mass is 32.1. The van der Waals surface area contributed by atoms with Gasteiger partial charge in [-0.2, -0.15) is 0 Å². The van der Waals surface area contributed by atoms with Crippen molar-refractivity contribution in [3.63, 3.8) is 0 Å². The second-order valence-corrected chi connectivity index (χ2v) is 6.10. The van der Waals surface area contributed by atoms with Crippen molar-refractivity contribution in [2.45, 2.75) is 19.5 Å². The molecular weight excluding hydrogens is 254 g/mol. The molecule has 0 radical (unpaired) electrons. The maximum Gasteiger partial charge on any atom is 0.123 e. The predicted octanol–water partition coefficient (Wildman–Crippen LogP) is 2.52. The van der Waals surface area contributed by atoms with Gasteiger partial charge < -0.3 is 5.32 Å². The molecule has 1 saturated heterocycles. The van der Waals surface area contributed by atoms with Crippen LogP contribution in [0.3, 0.4) is 0 Å². The summed E-state index contributed by atoms with van der Waals surface area (Å²) >= 11 is 1.73. The standard InChI is InChI=1S/C15H19N3S/c1-11-3-5-12(6-4-11)15-17-13(10-19-15)9-18(2)14-7-16-8-14/h3-6,10,14,16H,7-9H2,1-2H3. The first-order valence-electron chi connectivity index (χ1n) is 6.65. The van der Waals surface area contributed by atoms with Gasteiger partial charge >= 0.3 is 0 Å². The number of benzene rings is 1. The maximum atomic E-state index is 4.75. The number of thiazole rings is 1. The molecule has 0 spiro atoms. The quantitative estimate of drug-likeness (QED) is 0.928. The SMILES string of the molecule is Cc1ccc(-c2nc(CN(C)C3CNC3)cs2)cc1. The Morgan fingerprint density at radius 2 is 2.05 bits per heavy atom. The molecule has 2 heterocycles. The van der Waals surface area contributed by atoms with E-state index in [0.29, 0.717) is 6.04 Å². The molecule has 19 heavy (non-hydrogen) atoms. The minimum absolute atomic E-state index is 0.671. The molecule has 0 aliphatic carbocycles. The third-order valence-electron chi connectivity index (χ3n) is 3.64. The van der Waals surface area contributed by atoms with Crippen LogP contribution in [0.5, 0.6) is 0 Å². The summed E-state index contributed by atoms with van der Waals surface area (Å²) in [6, 6.07) is 9.25. The Kier molecular flexibility index (Phi) is 3.64. The van der Waals surface area contributed by atoms with Gasteiger partial charge in [-0.3, -0.25) is 4.90 Å². The fraction of sp³-hybridized carbons (Fsp3) is 0.400. The summed E-state index contributed by atoms with van der Waals surface area (Å²) < 4.78 is 0. The Bertz CT molecular complexity index is 543. The number of hydrogen-bond donors (Lipinski definition) is 1. The van der Waals surface area contributed by atoms with Gasteiger partial charge in [0.05, 0.1) is 5.69 Å². The molecule has 3 nitrogen and oxygen atoms in total. The first-order chi connectivity index (χ1) is 9.22. The molecule has 0 amide bonds. The lowest BCUT2D eigenvalue weighted by Crippen LogP contribution is -2.55. The number of nitrogens with one attached hydrogen (secondary N) is 1. The van der Waals surface area contributed by atoms with E-state index in [1.165, 1.54) is 16.8 Å². The third-order valence-corrected chi connectivity index (χ3v) is 4.59. The molecule has 0 unspecified atom stereocenters. The van der Waals surface area contributed by atoms with E-state index in [-0.39, 0.29) is 0 Å². The van der Waals surface area contributed by atoms with Gasteiger partial charge in [-0.15, -0.1) is 11.3 Å². The number of nitrogens with zero attached hydrogens (tertiary/aromatic N) is 2. The van der Waals surface area contributed by atoms with Gasteiger partial charge in [0, 0.05) is 36.6 Å². The lowest BCUT2D eigenvalue weighted by Gasteiger charge is -2.35. The van der Waals surface area contributed by atoms with Crippen LogP contribution in [0.1, 0.15) is 11.3 Å². The molecule has 0 saturated carbocycles. The number of aromatic nitrogens is 1.